The number of hydrogen-bond acceptors (Lipinski definition) is 5. The van der Waals surface area contributed by atoms with Gasteiger partial charge in [-0.3, -0.25) is 4.90 Å². The first-order valence-corrected chi connectivity index (χ1v) is 9.09. The van der Waals surface area contributed by atoms with Crippen LogP contribution in [-0.2, 0) is 20.8 Å². The van der Waals surface area contributed by atoms with E-state index in [1.807, 2.05) is 12.1 Å². The van der Waals surface area contributed by atoms with Crippen molar-refractivity contribution in [3.63, 3.8) is 0 Å². The van der Waals surface area contributed by atoms with Crippen LogP contribution in [0.4, 0.5) is 13.2 Å². The monoisotopic (exact) mass is 405 g/mol. The lowest BCUT2D eigenvalue weighted by Crippen LogP contribution is -2.65. The Morgan fingerprint density at radius 2 is 2.00 bits per heavy atom. The second-order valence-corrected chi connectivity index (χ2v) is 6.86. The minimum Gasteiger partial charge on any atom is -0.496 e. The number of alkyl halides is 3. The van der Waals surface area contributed by atoms with Crippen molar-refractivity contribution in [1.82, 2.24) is 4.90 Å². The van der Waals surface area contributed by atoms with Crippen LogP contribution < -0.4 is 4.74 Å². The summed E-state index contributed by atoms with van der Waals surface area (Å²) in [6.07, 6.45) is -2.65. The maximum Gasteiger partial charge on any atom is 0.490 e. The zero-order chi connectivity index (χ0) is 20.8. The Morgan fingerprint density at radius 1 is 1.36 bits per heavy atom. The van der Waals surface area contributed by atoms with E-state index in [9.17, 15) is 13.2 Å². The Hall–Kier alpha value is -1.84. The first-order valence-electron chi connectivity index (χ1n) is 9.09. The highest BCUT2D eigenvalue weighted by Gasteiger charge is 2.47. The molecule has 158 valence electrons. The van der Waals surface area contributed by atoms with E-state index in [1.165, 1.54) is 5.56 Å². The van der Waals surface area contributed by atoms with Crippen LogP contribution in [0.2, 0.25) is 0 Å². The smallest absolute Gasteiger partial charge is 0.490 e. The molecule has 1 aromatic rings. The van der Waals surface area contributed by atoms with E-state index in [0.717, 1.165) is 51.4 Å². The van der Waals surface area contributed by atoms with Crippen molar-refractivity contribution in [2.45, 2.75) is 44.2 Å². The van der Waals surface area contributed by atoms with Crippen molar-refractivity contribution >= 4 is 5.97 Å². The molecule has 1 atom stereocenters. The molecule has 2 fully saturated rings. The van der Waals surface area contributed by atoms with E-state index < -0.39 is 12.1 Å². The van der Waals surface area contributed by atoms with Gasteiger partial charge in [-0.25, -0.2) is 4.79 Å². The lowest BCUT2D eigenvalue weighted by molar-refractivity contribution is -0.198. The summed E-state index contributed by atoms with van der Waals surface area (Å²) in [5.74, 6) is -1.79. The molecular weight excluding hydrogens is 379 g/mol. The molecule has 6 nitrogen and oxygen atoms in total. The van der Waals surface area contributed by atoms with Gasteiger partial charge in [-0.15, -0.1) is 0 Å². The molecule has 0 amide bonds. The largest absolute Gasteiger partial charge is 0.496 e. The zero-order valence-corrected chi connectivity index (χ0v) is 16.0. The Labute approximate surface area is 162 Å². The van der Waals surface area contributed by atoms with E-state index in [-0.39, 0.29) is 5.60 Å². The summed E-state index contributed by atoms with van der Waals surface area (Å²) in [6, 6.07) is 8.23. The number of carboxylic acid groups (broad SMARTS) is 1. The predicted molar refractivity (Wildman–Crippen MR) is 95.3 cm³/mol. The van der Waals surface area contributed by atoms with Gasteiger partial charge in [0.2, 0.25) is 0 Å². The third-order valence-electron chi connectivity index (χ3n) is 4.70. The Kier molecular flexibility index (Phi) is 7.68. The molecule has 9 heteroatoms. The molecule has 1 N–H and O–H groups in total. The molecule has 2 aliphatic heterocycles. The quantitative estimate of drug-likeness (QED) is 0.812. The number of methoxy groups -OCH3 is 1. The topological polar surface area (TPSA) is 68.2 Å². The van der Waals surface area contributed by atoms with E-state index in [4.69, 9.17) is 24.1 Å². The number of likely N-dealkylation sites (tertiary alicyclic amines) is 1. The van der Waals surface area contributed by atoms with Gasteiger partial charge in [0.05, 0.1) is 18.8 Å². The zero-order valence-electron chi connectivity index (χ0n) is 16.0. The minimum atomic E-state index is -5.08. The lowest BCUT2D eigenvalue weighted by Gasteiger charge is -2.53. The van der Waals surface area contributed by atoms with Crippen LogP contribution in [0, 0.1) is 0 Å². The normalized spacial score (nSPS) is 21.4. The van der Waals surface area contributed by atoms with Crippen molar-refractivity contribution < 1.29 is 37.3 Å². The van der Waals surface area contributed by atoms with Crippen molar-refractivity contribution in [3.05, 3.63) is 29.8 Å². The second kappa shape index (κ2) is 9.58. The fraction of sp³-hybridized carbons (Fsp3) is 0.632. The molecule has 1 spiro atoms. The summed E-state index contributed by atoms with van der Waals surface area (Å²) < 4.78 is 49.0. The highest BCUT2D eigenvalue weighted by Crippen LogP contribution is 2.36. The average molecular weight is 405 g/mol. The number of hydrogen-bond donors (Lipinski definition) is 1. The maximum atomic E-state index is 10.6. The van der Waals surface area contributed by atoms with Gasteiger partial charge in [-0.05, 0) is 19.4 Å². The molecule has 0 aromatic heterocycles. The van der Waals surface area contributed by atoms with E-state index in [0.29, 0.717) is 6.10 Å². The van der Waals surface area contributed by atoms with Crippen molar-refractivity contribution in [3.8, 4) is 5.75 Å². The standard InChI is InChI=1S/C17H25NO3.C2HF3O2/c1-3-20-15-8-9-21-17(10-15)12-18(13-17)11-14-6-4-5-7-16(14)19-2;3-2(4,5)1(6)7/h4-7,15H,3,8-13H2,1-2H3;(H,6,7). The highest BCUT2D eigenvalue weighted by molar-refractivity contribution is 5.73. The third kappa shape index (κ3) is 6.08. The molecule has 2 saturated heterocycles. The average Bonchev–Trinajstić information content (AvgIpc) is 2.61. The molecule has 0 bridgehead atoms. The Morgan fingerprint density at radius 3 is 2.57 bits per heavy atom. The van der Waals surface area contributed by atoms with Crippen molar-refractivity contribution in [2.75, 3.05) is 33.4 Å². The number of para-hydroxylation sites is 1. The minimum absolute atomic E-state index is 0.0279. The first kappa shape index (κ1) is 22.4. The Balaban J connectivity index is 0.000000345. The van der Waals surface area contributed by atoms with E-state index in [1.54, 1.807) is 7.11 Å². The maximum absolute atomic E-state index is 10.6. The summed E-state index contributed by atoms with van der Waals surface area (Å²) in [7, 11) is 1.73. The number of aliphatic carboxylic acids is 1. The van der Waals surface area contributed by atoms with E-state index >= 15 is 0 Å². The summed E-state index contributed by atoms with van der Waals surface area (Å²) in [5, 5.41) is 7.12. The third-order valence-corrected chi connectivity index (χ3v) is 4.70. The van der Waals surface area contributed by atoms with Gasteiger partial charge in [0.15, 0.2) is 0 Å². The fourth-order valence-corrected chi connectivity index (χ4v) is 3.54. The second-order valence-electron chi connectivity index (χ2n) is 6.86. The number of rotatable bonds is 5. The summed E-state index contributed by atoms with van der Waals surface area (Å²) in [6.45, 7) is 6.60. The van der Waals surface area contributed by atoms with Crippen LogP contribution in [0.3, 0.4) is 0 Å². The number of nitrogens with zero attached hydrogens (tertiary/aromatic N) is 1. The van der Waals surface area contributed by atoms with Crippen LogP contribution in [0.25, 0.3) is 0 Å². The molecule has 2 heterocycles. The summed E-state index contributed by atoms with van der Waals surface area (Å²) in [4.78, 5) is 11.3. The first-order chi connectivity index (χ1) is 13.2. The lowest BCUT2D eigenvalue weighted by atomic mass is 9.84. The summed E-state index contributed by atoms with van der Waals surface area (Å²) >= 11 is 0. The van der Waals surface area contributed by atoms with Gasteiger partial charge >= 0.3 is 12.1 Å². The van der Waals surface area contributed by atoms with E-state index in [2.05, 4.69) is 24.0 Å². The van der Waals surface area contributed by atoms with Gasteiger partial charge in [0, 0.05) is 44.8 Å². The van der Waals surface area contributed by atoms with Gasteiger partial charge in [0.1, 0.15) is 5.75 Å². The number of halogens is 3. The highest BCUT2D eigenvalue weighted by atomic mass is 19.4. The molecule has 1 unspecified atom stereocenters. The van der Waals surface area contributed by atoms with Gasteiger partial charge in [0.25, 0.3) is 0 Å². The fourth-order valence-electron chi connectivity index (χ4n) is 3.54. The molecule has 3 rings (SSSR count). The van der Waals surface area contributed by atoms with Gasteiger partial charge in [-0.1, -0.05) is 18.2 Å². The molecule has 28 heavy (non-hydrogen) atoms. The van der Waals surface area contributed by atoms with Crippen LogP contribution in [-0.4, -0.2) is 67.3 Å². The number of carboxylic acids is 1. The number of benzene rings is 1. The van der Waals surface area contributed by atoms with Crippen LogP contribution in [0.15, 0.2) is 24.3 Å². The number of carbonyl (C=O) groups is 1. The number of ether oxygens (including phenoxy) is 3. The van der Waals surface area contributed by atoms with Crippen molar-refractivity contribution in [1.29, 1.82) is 0 Å². The van der Waals surface area contributed by atoms with Crippen LogP contribution in [0.1, 0.15) is 25.3 Å². The molecule has 0 aliphatic carbocycles. The van der Waals surface area contributed by atoms with Gasteiger partial charge in [-0.2, -0.15) is 13.2 Å². The SMILES string of the molecule is CCOC1CCOC2(C1)CN(Cc1ccccc1OC)C2.O=C(O)C(F)(F)F. The molecule has 2 aliphatic rings. The van der Waals surface area contributed by atoms with Gasteiger partial charge < -0.3 is 19.3 Å². The summed E-state index contributed by atoms with van der Waals surface area (Å²) in [5.41, 5.74) is 1.27. The Bertz CT molecular complexity index is 645. The van der Waals surface area contributed by atoms with Crippen LogP contribution >= 0.6 is 0 Å². The molecule has 0 radical (unpaired) electrons. The molecule has 1 aromatic carbocycles. The molecule has 0 saturated carbocycles. The van der Waals surface area contributed by atoms with Crippen molar-refractivity contribution in [2.24, 2.45) is 0 Å². The van der Waals surface area contributed by atoms with Crippen LogP contribution in [0.5, 0.6) is 5.75 Å². The predicted octanol–water partition coefficient (Wildman–Crippen LogP) is 3.10. The molecular formula is C19H26F3NO5.